The molecule has 0 radical (unpaired) electrons. The summed E-state index contributed by atoms with van der Waals surface area (Å²) in [6.07, 6.45) is 5.39. The minimum atomic E-state index is -3.94. The van der Waals surface area contributed by atoms with Crippen LogP contribution < -0.4 is 14.8 Å². The molecule has 0 bridgehead atoms. The van der Waals surface area contributed by atoms with Crippen molar-refractivity contribution in [3.05, 3.63) is 54.4 Å². The summed E-state index contributed by atoms with van der Waals surface area (Å²) in [6.45, 7) is 1.99. The van der Waals surface area contributed by atoms with E-state index in [4.69, 9.17) is 4.74 Å². The van der Waals surface area contributed by atoms with Gasteiger partial charge in [0.1, 0.15) is 18.4 Å². The predicted molar refractivity (Wildman–Crippen MR) is 119 cm³/mol. The number of nitrogens with one attached hydrogen (secondary N) is 2. The van der Waals surface area contributed by atoms with Gasteiger partial charge in [0.05, 0.1) is 18.2 Å². The summed E-state index contributed by atoms with van der Waals surface area (Å²) in [4.78, 5) is 27.8. The Labute approximate surface area is 188 Å². The molecule has 2 rings (SSSR count). The highest BCUT2D eigenvalue weighted by Crippen LogP contribution is 2.12. The van der Waals surface area contributed by atoms with Crippen molar-refractivity contribution < 1.29 is 27.5 Å². The van der Waals surface area contributed by atoms with E-state index in [2.05, 4.69) is 19.8 Å². The number of aromatic nitrogens is 1. The van der Waals surface area contributed by atoms with Crippen molar-refractivity contribution in [2.45, 2.75) is 43.5 Å². The fourth-order valence-corrected chi connectivity index (χ4v) is 3.94. The molecule has 0 saturated carbocycles. The number of carbonyl (C=O) groups is 2. The average Bonchev–Trinajstić information content (AvgIpc) is 2.79. The fraction of sp³-hybridized carbons (Fsp3) is 0.409. The van der Waals surface area contributed by atoms with Crippen LogP contribution in [0.2, 0.25) is 0 Å². The monoisotopic (exact) mass is 463 g/mol. The molecular weight excluding hydrogens is 434 g/mol. The Kier molecular flexibility index (Phi) is 10.1. The van der Waals surface area contributed by atoms with Crippen LogP contribution in [0.5, 0.6) is 5.75 Å². The number of carbonyl (C=O) groups excluding carboxylic acids is 2. The fourth-order valence-electron chi connectivity index (χ4n) is 2.76. The van der Waals surface area contributed by atoms with Crippen molar-refractivity contribution in [1.29, 1.82) is 0 Å². The lowest BCUT2D eigenvalue weighted by Gasteiger charge is -2.19. The summed E-state index contributed by atoms with van der Waals surface area (Å²) in [6, 6.07) is 8.53. The molecule has 1 amide bonds. The van der Waals surface area contributed by atoms with E-state index < -0.39 is 22.0 Å². The Morgan fingerprint density at radius 2 is 1.84 bits per heavy atom. The molecule has 0 saturated heterocycles. The Balaban J connectivity index is 1.97. The molecule has 174 valence electrons. The van der Waals surface area contributed by atoms with Crippen molar-refractivity contribution in [3.63, 3.8) is 0 Å². The Morgan fingerprint density at radius 1 is 1.09 bits per heavy atom. The van der Waals surface area contributed by atoms with Gasteiger partial charge in [-0.05, 0) is 44.0 Å². The van der Waals surface area contributed by atoms with Crippen molar-refractivity contribution in [3.8, 4) is 5.75 Å². The topological polar surface area (TPSA) is 124 Å². The van der Waals surface area contributed by atoms with Gasteiger partial charge in [-0.2, -0.15) is 4.72 Å². The van der Waals surface area contributed by atoms with Crippen LogP contribution in [-0.2, 0) is 24.3 Å². The lowest BCUT2D eigenvalue weighted by Crippen LogP contribution is -2.50. The van der Waals surface area contributed by atoms with Gasteiger partial charge in [0, 0.05) is 19.2 Å². The van der Waals surface area contributed by atoms with Crippen LogP contribution in [0.15, 0.2) is 53.7 Å². The van der Waals surface area contributed by atoms with Gasteiger partial charge in [0.15, 0.2) is 0 Å². The van der Waals surface area contributed by atoms with Crippen molar-refractivity contribution in [1.82, 2.24) is 15.0 Å². The summed E-state index contributed by atoms with van der Waals surface area (Å²) in [7, 11) is -2.59. The SMILES string of the molecule is COC(=O)CCCCCNC(=O)C(COc1cccnc1)NS(=O)(=O)c1ccc(C)cc1. The first-order valence-corrected chi connectivity index (χ1v) is 11.8. The molecule has 0 aliphatic heterocycles. The highest BCUT2D eigenvalue weighted by Gasteiger charge is 2.26. The molecule has 9 nitrogen and oxygen atoms in total. The molecule has 1 aromatic heterocycles. The number of ether oxygens (including phenoxy) is 2. The van der Waals surface area contributed by atoms with Gasteiger partial charge in [0.25, 0.3) is 0 Å². The normalized spacial score (nSPS) is 12.1. The molecule has 1 unspecified atom stereocenters. The first-order valence-electron chi connectivity index (χ1n) is 10.3. The second kappa shape index (κ2) is 12.8. The third kappa shape index (κ3) is 8.64. The Hall–Kier alpha value is -2.98. The number of methoxy groups -OCH3 is 1. The number of nitrogens with zero attached hydrogens (tertiary/aromatic N) is 1. The zero-order valence-corrected chi connectivity index (χ0v) is 19.1. The maximum absolute atomic E-state index is 12.8. The van der Waals surface area contributed by atoms with Crippen LogP contribution in [0.1, 0.15) is 31.2 Å². The van der Waals surface area contributed by atoms with Gasteiger partial charge in [-0.25, -0.2) is 8.42 Å². The van der Waals surface area contributed by atoms with E-state index in [-0.39, 0.29) is 17.5 Å². The summed E-state index contributed by atoms with van der Waals surface area (Å²) >= 11 is 0. The molecule has 10 heteroatoms. The van der Waals surface area contributed by atoms with Gasteiger partial charge >= 0.3 is 5.97 Å². The summed E-state index contributed by atoms with van der Waals surface area (Å²) in [5.74, 6) is -0.354. The van der Waals surface area contributed by atoms with Crippen LogP contribution in [0.25, 0.3) is 0 Å². The number of pyridine rings is 1. The molecule has 1 atom stereocenters. The van der Waals surface area contributed by atoms with E-state index in [9.17, 15) is 18.0 Å². The molecule has 2 aromatic rings. The molecule has 0 aliphatic carbocycles. The lowest BCUT2D eigenvalue weighted by atomic mass is 10.2. The average molecular weight is 464 g/mol. The molecule has 32 heavy (non-hydrogen) atoms. The second-order valence-corrected chi connectivity index (χ2v) is 8.88. The zero-order chi connectivity index (χ0) is 23.4. The third-order valence-electron chi connectivity index (χ3n) is 4.58. The third-order valence-corrected chi connectivity index (χ3v) is 6.07. The first kappa shape index (κ1) is 25.3. The molecule has 1 aromatic carbocycles. The highest BCUT2D eigenvalue weighted by atomic mass is 32.2. The maximum atomic E-state index is 12.8. The van der Waals surface area contributed by atoms with E-state index in [0.717, 1.165) is 12.0 Å². The van der Waals surface area contributed by atoms with Crippen molar-refractivity contribution in [2.24, 2.45) is 0 Å². The molecule has 0 spiro atoms. The molecule has 0 fully saturated rings. The van der Waals surface area contributed by atoms with Gasteiger partial charge in [0.2, 0.25) is 15.9 Å². The number of benzene rings is 1. The maximum Gasteiger partial charge on any atom is 0.305 e. The molecular formula is C22H29N3O6S. The van der Waals surface area contributed by atoms with E-state index in [1.54, 1.807) is 30.5 Å². The quantitative estimate of drug-likeness (QED) is 0.344. The van der Waals surface area contributed by atoms with E-state index in [1.165, 1.54) is 25.4 Å². The first-order chi connectivity index (χ1) is 15.3. The smallest absolute Gasteiger partial charge is 0.305 e. The summed E-state index contributed by atoms with van der Waals surface area (Å²) < 4.78 is 38.1. The van der Waals surface area contributed by atoms with Gasteiger partial charge in [-0.1, -0.05) is 24.1 Å². The predicted octanol–water partition coefficient (Wildman–Crippen LogP) is 1.97. The number of rotatable bonds is 13. The van der Waals surface area contributed by atoms with Crippen LogP contribution in [0.3, 0.4) is 0 Å². The molecule has 2 N–H and O–H groups in total. The minimum absolute atomic E-state index is 0.0603. The number of hydrogen-bond acceptors (Lipinski definition) is 7. The number of amides is 1. The van der Waals surface area contributed by atoms with Crippen LogP contribution in [0, 0.1) is 6.92 Å². The van der Waals surface area contributed by atoms with E-state index >= 15 is 0 Å². The highest BCUT2D eigenvalue weighted by molar-refractivity contribution is 7.89. The number of sulfonamides is 1. The van der Waals surface area contributed by atoms with Gasteiger partial charge in [-0.15, -0.1) is 0 Å². The Morgan fingerprint density at radius 3 is 2.50 bits per heavy atom. The number of hydrogen-bond donors (Lipinski definition) is 2. The number of esters is 1. The van der Waals surface area contributed by atoms with Crippen molar-refractivity contribution >= 4 is 21.9 Å². The number of aryl methyl sites for hydroxylation is 1. The van der Waals surface area contributed by atoms with Gasteiger partial charge < -0.3 is 14.8 Å². The second-order valence-electron chi connectivity index (χ2n) is 7.16. The summed E-state index contributed by atoms with van der Waals surface area (Å²) in [5, 5.41) is 2.73. The zero-order valence-electron chi connectivity index (χ0n) is 18.2. The van der Waals surface area contributed by atoms with E-state index in [1.807, 2.05) is 6.92 Å². The largest absolute Gasteiger partial charge is 0.490 e. The number of unbranched alkanes of at least 4 members (excludes halogenated alkanes) is 2. The van der Waals surface area contributed by atoms with Crippen LogP contribution >= 0.6 is 0 Å². The van der Waals surface area contributed by atoms with Crippen LogP contribution in [0.4, 0.5) is 0 Å². The summed E-state index contributed by atoms with van der Waals surface area (Å²) in [5.41, 5.74) is 0.922. The van der Waals surface area contributed by atoms with Crippen LogP contribution in [-0.4, -0.2) is 51.6 Å². The van der Waals surface area contributed by atoms with Gasteiger partial charge in [-0.3, -0.25) is 14.6 Å². The Bertz CT molecular complexity index is 965. The molecule has 0 aliphatic rings. The van der Waals surface area contributed by atoms with Crippen molar-refractivity contribution in [2.75, 3.05) is 20.3 Å². The molecule has 1 heterocycles. The minimum Gasteiger partial charge on any atom is -0.490 e. The lowest BCUT2D eigenvalue weighted by molar-refractivity contribution is -0.140. The van der Waals surface area contributed by atoms with E-state index in [0.29, 0.717) is 31.6 Å². The standard InChI is InChI=1S/C22H29N3O6S/c1-17-9-11-19(12-10-17)32(28,29)25-20(16-31-18-7-6-13-23-15-18)22(27)24-14-5-3-4-8-21(26)30-2/h6-7,9-13,15,20,25H,3-5,8,14,16H2,1-2H3,(H,24,27).